The molecule has 9 heteroatoms. The first kappa shape index (κ1) is 17.9. The average Bonchev–Trinajstić information content (AvgIpc) is 3.00. The maximum absolute atomic E-state index is 12.7. The fraction of sp³-hybridized carbons (Fsp3) is 0.467. The van der Waals surface area contributed by atoms with Gasteiger partial charge in [0.15, 0.2) is 0 Å². The van der Waals surface area contributed by atoms with E-state index in [-0.39, 0.29) is 42.9 Å². The van der Waals surface area contributed by atoms with Gasteiger partial charge in [0.05, 0.1) is 6.04 Å². The summed E-state index contributed by atoms with van der Waals surface area (Å²) in [7, 11) is 0. The van der Waals surface area contributed by atoms with Crippen LogP contribution in [0.3, 0.4) is 0 Å². The second-order valence-electron chi connectivity index (χ2n) is 5.45. The maximum Gasteiger partial charge on any atom is 0.433 e. The van der Waals surface area contributed by atoms with Crippen molar-refractivity contribution in [3.63, 3.8) is 0 Å². The smallest absolute Gasteiger partial charge is 0.356 e. The van der Waals surface area contributed by atoms with Crippen LogP contribution in [0.5, 0.6) is 0 Å². The highest BCUT2D eigenvalue weighted by molar-refractivity contribution is 5.76. The number of aromatic nitrogens is 4. The molecule has 130 valence electrons. The van der Waals surface area contributed by atoms with Crippen LogP contribution in [-0.2, 0) is 17.4 Å². The molecule has 0 bridgehead atoms. The van der Waals surface area contributed by atoms with Crippen LogP contribution in [0, 0.1) is 6.92 Å². The van der Waals surface area contributed by atoms with E-state index in [0.717, 1.165) is 6.07 Å². The number of alkyl halides is 3. The van der Waals surface area contributed by atoms with Crippen molar-refractivity contribution in [2.24, 2.45) is 0 Å². The number of amides is 1. The van der Waals surface area contributed by atoms with E-state index in [1.165, 1.54) is 6.92 Å². The van der Waals surface area contributed by atoms with Crippen molar-refractivity contribution >= 4 is 5.91 Å². The van der Waals surface area contributed by atoms with Crippen molar-refractivity contribution in [3.8, 4) is 0 Å². The molecule has 0 unspecified atom stereocenters. The maximum atomic E-state index is 12.7. The molecular formula is C15H18F3N5O. The summed E-state index contributed by atoms with van der Waals surface area (Å²) in [5.41, 5.74) is -0.727. The fourth-order valence-corrected chi connectivity index (χ4v) is 2.18. The van der Waals surface area contributed by atoms with E-state index in [1.54, 1.807) is 23.1 Å². The van der Waals surface area contributed by atoms with Gasteiger partial charge in [-0.15, -0.1) is 0 Å². The lowest BCUT2D eigenvalue weighted by molar-refractivity contribution is -0.141. The molecule has 0 aromatic carbocycles. The van der Waals surface area contributed by atoms with Gasteiger partial charge in [-0.2, -0.15) is 18.3 Å². The largest absolute Gasteiger partial charge is 0.433 e. The molecule has 0 aliphatic carbocycles. The van der Waals surface area contributed by atoms with Gasteiger partial charge in [0.2, 0.25) is 5.91 Å². The van der Waals surface area contributed by atoms with E-state index in [9.17, 15) is 18.0 Å². The molecule has 0 aliphatic rings. The second-order valence-corrected chi connectivity index (χ2v) is 5.45. The molecular weight excluding hydrogens is 323 g/mol. The summed E-state index contributed by atoms with van der Waals surface area (Å²) in [4.78, 5) is 19.3. The number of aryl methyl sites for hydroxylation is 1. The summed E-state index contributed by atoms with van der Waals surface area (Å²) < 4.78 is 39.8. The molecule has 2 aromatic rings. The Hall–Kier alpha value is -2.45. The van der Waals surface area contributed by atoms with Gasteiger partial charge in [0.1, 0.15) is 11.5 Å². The summed E-state index contributed by atoms with van der Waals surface area (Å²) >= 11 is 0. The SMILES string of the molecule is Cc1cc(C(F)(F)F)nc(CCNC(=O)C[C@H](C)n2cccn2)n1. The van der Waals surface area contributed by atoms with E-state index in [1.807, 2.05) is 6.92 Å². The molecule has 0 spiro atoms. The standard InChI is InChI=1S/C15H18F3N5O/c1-10-8-12(15(16,17)18)22-13(21-10)4-6-19-14(24)9-11(2)23-7-3-5-20-23/h3,5,7-8,11H,4,6,9H2,1-2H3,(H,19,24)/t11-/m0/s1. The van der Waals surface area contributed by atoms with Gasteiger partial charge in [-0.1, -0.05) is 0 Å². The number of rotatable bonds is 6. The third-order valence-corrected chi connectivity index (χ3v) is 3.32. The first-order valence-electron chi connectivity index (χ1n) is 7.43. The fourth-order valence-electron chi connectivity index (χ4n) is 2.18. The number of hydrogen-bond acceptors (Lipinski definition) is 4. The highest BCUT2D eigenvalue weighted by Crippen LogP contribution is 2.27. The highest BCUT2D eigenvalue weighted by atomic mass is 19.4. The minimum absolute atomic E-state index is 0.0581. The van der Waals surface area contributed by atoms with Crippen molar-refractivity contribution in [2.45, 2.75) is 38.9 Å². The minimum Gasteiger partial charge on any atom is -0.356 e. The Labute approximate surface area is 137 Å². The van der Waals surface area contributed by atoms with Gasteiger partial charge in [-0.05, 0) is 26.0 Å². The predicted octanol–water partition coefficient (Wildman–Crippen LogP) is 2.31. The lowest BCUT2D eigenvalue weighted by atomic mass is 10.2. The number of carbonyl (C=O) groups is 1. The molecule has 2 heterocycles. The number of halogens is 3. The third-order valence-electron chi connectivity index (χ3n) is 3.32. The zero-order valence-corrected chi connectivity index (χ0v) is 13.3. The molecule has 2 aromatic heterocycles. The number of carbonyl (C=O) groups excluding carboxylic acids is 1. The molecule has 0 saturated carbocycles. The van der Waals surface area contributed by atoms with E-state index < -0.39 is 11.9 Å². The Morgan fingerprint density at radius 3 is 2.75 bits per heavy atom. The lowest BCUT2D eigenvalue weighted by Crippen LogP contribution is -2.28. The van der Waals surface area contributed by atoms with Crippen LogP contribution in [-0.4, -0.2) is 32.2 Å². The number of hydrogen-bond donors (Lipinski definition) is 1. The Balaban J connectivity index is 1.85. The van der Waals surface area contributed by atoms with E-state index >= 15 is 0 Å². The lowest BCUT2D eigenvalue weighted by Gasteiger charge is -2.12. The van der Waals surface area contributed by atoms with Gasteiger partial charge >= 0.3 is 6.18 Å². The van der Waals surface area contributed by atoms with Crippen LogP contribution < -0.4 is 5.32 Å². The zero-order valence-electron chi connectivity index (χ0n) is 13.3. The quantitative estimate of drug-likeness (QED) is 0.875. The highest BCUT2D eigenvalue weighted by Gasteiger charge is 2.33. The summed E-state index contributed by atoms with van der Waals surface area (Å²) in [6, 6.07) is 2.56. The normalized spacial score (nSPS) is 12.9. The molecule has 0 aliphatic heterocycles. The van der Waals surface area contributed by atoms with Crippen molar-refractivity contribution < 1.29 is 18.0 Å². The van der Waals surface area contributed by atoms with Crippen molar-refractivity contribution in [1.82, 2.24) is 25.1 Å². The minimum atomic E-state index is -4.51. The molecule has 1 N–H and O–H groups in total. The van der Waals surface area contributed by atoms with Gasteiger partial charge in [0.25, 0.3) is 0 Å². The molecule has 6 nitrogen and oxygen atoms in total. The van der Waals surface area contributed by atoms with E-state index in [0.29, 0.717) is 0 Å². The molecule has 0 radical (unpaired) electrons. The molecule has 0 saturated heterocycles. The molecule has 1 amide bonds. The van der Waals surface area contributed by atoms with Gasteiger partial charge in [-0.3, -0.25) is 9.48 Å². The van der Waals surface area contributed by atoms with Crippen LogP contribution in [0.4, 0.5) is 13.2 Å². The monoisotopic (exact) mass is 341 g/mol. The van der Waals surface area contributed by atoms with Crippen LogP contribution >= 0.6 is 0 Å². The first-order valence-corrected chi connectivity index (χ1v) is 7.43. The van der Waals surface area contributed by atoms with Gasteiger partial charge < -0.3 is 5.32 Å². The van der Waals surface area contributed by atoms with Crippen LogP contribution in [0.15, 0.2) is 24.5 Å². The van der Waals surface area contributed by atoms with Crippen LogP contribution in [0.1, 0.15) is 36.6 Å². The topological polar surface area (TPSA) is 72.7 Å². The molecule has 24 heavy (non-hydrogen) atoms. The van der Waals surface area contributed by atoms with Gasteiger partial charge in [0, 0.05) is 37.5 Å². The van der Waals surface area contributed by atoms with Crippen LogP contribution in [0.25, 0.3) is 0 Å². The predicted molar refractivity (Wildman–Crippen MR) is 80.0 cm³/mol. The van der Waals surface area contributed by atoms with Crippen LogP contribution in [0.2, 0.25) is 0 Å². The zero-order chi connectivity index (χ0) is 17.7. The molecule has 1 atom stereocenters. The third kappa shape index (κ3) is 5.04. The Morgan fingerprint density at radius 2 is 2.12 bits per heavy atom. The van der Waals surface area contributed by atoms with E-state index in [2.05, 4.69) is 20.4 Å². The van der Waals surface area contributed by atoms with E-state index in [4.69, 9.17) is 0 Å². The van der Waals surface area contributed by atoms with Gasteiger partial charge in [-0.25, -0.2) is 9.97 Å². The number of nitrogens with one attached hydrogen (secondary N) is 1. The summed E-state index contributed by atoms with van der Waals surface area (Å²) in [5, 5.41) is 6.71. The molecule has 0 fully saturated rings. The van der Waals surface area contributed by atoms with Crippen molar-refractivity contribution in [1.29, 1.82) is 0 Å². The Morgan fingerprint density at radius 1 is 1.38 bits per heavy atom. The average molecular weight is 341 g/mol. The first-order chi connectivity index (χ1) is 11.3. The second kappa shape index (κ2) is 7.41. The Kier molecular flexibility index (Phi) is 5.53. The summed E-state index contributed by atoms with van der Waals surface area (Å²) in [6.07, 6.45) is -0.763. The Bertz CT molecular complexity index is 685. The summed E-state index contributed by atoms with van der Waals surface area (Å²) in [5.74, 6) is -0.149. The number of nitrogens with zero attached hydrogens (tertiary/aromatic N) is 4. The van der Waals surface area contributed by atoms with Crippen molar-refractivity contribution in [3.05, 3.63) is 41.7 Å². The summed E-state index contributed by atoms with van der Waals surface area (Å²) in [6.45, 7) is 3.50. The van der Waals surface area contributed by atoms with Crippen molar-refractivity contribution in [2.75, 3.05) is 6.54 Å². The molecule has 2 rings (SSSR count).